The van der Waals surface area contributed by atoms with Crippen LogP contribution in [0.25, 0.3) is 0 Å². The minimum Gasteiger partial charge on any atom is -0.469 e. The van der Waals surface area contributed by atoms with Crippen molar-refractivity contribution in [2.45, 2.75) is 20.0 Å². The largest absolute Gasteiger partial charge is 0.469 e. The molecule has 2 aliphatic heterocycles. The molecule has 2 heterocycles. The van der Waals surface area contributed by atoms with E-state index < -0.39 is 23.9 Å². The molecule has 0 bridgehead atoms. The molecule has 2 aromatic rings. The first kappa shape index (κ1) is 26.0. The Balaban J connectivity index is 1.36. The van der Waals surface area contributed by atoms with Gasteiger partial charge in [-0.05, 0) is 42.7 Å². The van der Waals surface area contributed by atoms with Gasteiger partial charge in [0.25, 0.3) is 0 Å². The number of piperidine rings is 1. The van der Waals surface area contributed by atoms with Gasteiger partial charge in [-0.15, -0.1) is 0 Å². The molecule has 9 nitrogen and oxygen atoms in total. The van der Waals surface area contributed by atoms with Gasteiger partial charge in [0, 0.05) is 45.0 Å². The Bertz CT molecular complexity index is 1170. The zero-order valence-corrected chi connectivity index (χ0v) is 21.3. The van der Waals surface area contributed by atoms with Crippen LogP contribution in [-0.2, 0) is 25.7 Å². The summed E-state index contributed by atoms with van der Waals surface area (Å²) in [5.74, 6) is -1.86. The number of ether oxygens (including phenoxy) is 2. The van der Waals surface area contributed by atoms with E-state index in [1.807, 2.05) is 49.4 Å². The number of esters is 1. The number of nitrogens with zero attached hydrogens (tertiary/aromatic N) is 4. The van der Waals surface area contributed by atoms with Crippen LogP contribution in [0.2, 0.25) is 0 Å². The minimum absolute atomic E-state index is 0.0797. The van der Waals surface area contributed by atoms with Crippen molar-refractivity contribution in [1.82, 2.24) is 9.80 Å². The summed E-state index contributed by atoms with van der Waals surface area (Å²) < 4.78 is 10.4. The number of rotatable bonds is 5. The zero-order valence-electron chi connectivity index (χ0n) is 21.3. The number of anilines is 1. The van der Waals surface area contributed by atoms with Gasteiger partial charge in [0.15, 0.2) is 0 Å². The lowest BCUT2D eigenvalue weighted by Crippen LogP contribution is -2.55. The Kier molecular flexibility index (Phi) is 8.29. The molecule has 2 aromatic carbocycles. The van der Waals surface area contributed by atoms with Crippen molar-refractivity contribution >= 4 is 23.7 Å². The molecule has 0 saturated carbocycles. The molecular weight excluding hydrogens is 472 g/mol. The molecule has 194 valence electrons. The SMILES string of the molecule is COC(=O)[C@H]1CN(C(=O)OCc2ccccc2)CC[C@@H]1C(=O)N1CCN(c2ccc(C#N)cc2C)CC1. The van der Waals surface area contributed by atoms with Gasteiger partial charge < -0.3 is 24.2 Å². The molecule has 2 saturated heterocycles. The summed E-state index contributed by atoms with van der Waals surface area (Å²) in [4.78, 5) is 44.3. The van der Waals surface area contributed by atoms with E-state index in [0.717, 1.165) is 16.8 Å². The van der Waals surface area contributed by atoms with E-state index in [1.165, 1.54) is 12.0 Å². The predicted octanol–water partition coefficient (Wildman–Crippen LogP) is 2.96. The van der Waals surface area contributed by atoms with Crippen LogP contribution in [0.4, 0.5) is 10.5 Å². The fraction of sp³-hybridized carbons (Fsp3) is 0.429. The Morgan fingerprint density at radius 3 is 2.35 bits per heavy atom. The molecule has 0 radical (unpaired) electrons. The van der Waals surface area contributed by atoms with Crippen LogP contribution in [-0.4, -0.2) is 74.1 Å². The number of nitriles is 1. The number of methoxy groups -OCH3 is 1. The summed E-state index contributed by atoms with van der Waals surface area (Å²) in [7, 11) is 1.30. The topological polar surface area (TPSA) is 103 Å². The molecule has 37 heavy (non-hydrogen) atoms. The van der Waals surface area contributed by atoms with Crippen LogP contribution in [0.1, 0.15) is 23.1 Å². The Morgan fingerprint density at radius 2 is 1.70 bits per heavy atom. The number of carbonyl (C=O) groups excluding carboxylic acids is 3. The second-order valence-corrected chi connectivity index (χ2v) is 9.44. The maximum absolute atomic E-state index is 13.5. The molecule has 2 amide bonds. The summed E-state index contributed by atoms with van der Waals surface area (Å²) in [6, 6.07) is 17.2. The van der Waals surface area contributed by atoms with Gasteiger partial charge in [0.05, 0.1) is 30.6 Å². The second-order valence-electron chi connectivity index (χ2n) is 9.44. The van der Waals surface area contributed by atoms with E-state index in [4.69, 9.17) is 14.7 Å². The Morgan fingerprint density at radius 1 is 0.973 bits per heavy atom. The minimum atomic E-state index is -0.741. The van der Waals surface area contributed by atoms with E-state index in [-0.39, 0.29) is 19.1 Å². The number of carbonyl (C=O) groups is 3. The zero-order chi connectivity index (χ0) is 26.4. The molecule has 2 fully saturated rings. The normalized spacial score (nSPS) is 19.6. The van der Waals surface area contributed by atoms with Gasteiger partial charge in [-0.25, -0.2) is 4.79 Å². The van der Waals surface area contributed by atoms with Crippen LogP contribution in [0.5, 0.6) is 0 Å². The van der Waals surface area contributed by atoms with E-state index in [1.54, 1.807) is 11.0 Å². The summed E-state index contributed by atoms with van der Waals surface area (Å²) in [5.41, 5.74) is 3.58. The molecule has 0 unspecified atom stereocenters. The van der Waals surface area contributed by atoms with Crippen molar-refractivity contribution in [3.63, 3.8) is 0 Å². The molecule has 4 rings (SSSR count). The number of aryl methyl sites for hydroxylation is 1. The number of benzene rings is 2. The molecule has 9 heteroatoms. The lowest BCUT2D eigenvalue weighted by Gasteiger charge is -2.41. The standard InChI is InChI=1S/C28H32N4O5/c1-20-16-22(17-29)8-9-25(20)30-12-14-31(15-13-30)26(33)23-10-11-32(18-24(23)27(34)36-2)28(35)37-19-21-6-4-3-5-7-21/h3-9,16,23-24H,10-15,18-19H2,1-2H3/t23-,24-/m0/s1. The number of likely N-dealkylation sites (tertiary alicyclic amines) is 1. The molecule has 2 atom stereocenters. The average molecular weight is 505 g/mol. The van der Waals surface area contributed by atoms with Crippen LogP contribution in [0, 0.1) is 30.1 Å². The number of hydrogen-bond acceptors (Lipinski definition) is 7. The molecule has 2 aliphatic rings. The van der Waals surface area contributed by atoms with Crippen molar-refractivity contribution in [3.05, 3.63) is 65.2 Å². The van der Waals surface area contributed by atoms with Crippen molar-refractivity contribution in [2.24, 2.45) is 11.8 Å². The summed E-state index contributed by atoms with van der Waals surface area (Å²) in [6.07, 6.45) is -0.136. The van der Waals surface area contributed by atoms with Crippen LogP contribution >= 0.6 is 0 Å². The Hall–Kier alpha value is -4.06. The maximum Gasteiger partial charge on any atom is 0.410 e. The first-order valence-electron chi connectivity index (χ1n) is 12.5. The van der Waals surface area contributed by atoms with Crippen molar-refractivity contribution in [3.8, 4) is 6.07 Å². The third-order valence-corrected chi connectivity index (χ3v) is 7.16. The molecular formula is C28H32N4O5. The number of amides is 2. The highest BCUT2D eigenvalue weighted by atomic mass is 16.6. The second kappa shape index (κ2) is 11.8. The smallest absolute Gasteiger partial charge is 0.410 e. The Labute approximate surface area is 217 Å². The van der Waals surface area contributed by atoms with Crippen LogP contribution in [0.15, 0.2) is 48.5 Å². The summed E-state index contributed by atoms with van der Waals surface area (Å²) >= 11 is 0. The molecule has 0 aliphatic carbocycles. The maximum atomic E-state index is 13.5. The highest BCUT2D eigenvalue weighted by Gasteiger charge is 2.43. The van der Waals surface area contributed by atoms with E-state index in [0.29, 0.717) is 44.7 Å². The van der Waals surface area contributed by atoms with Gasteiger partial charge >= 0.3 is 12.1 Å². The number of hydrogen-bond donors (Lipinski definition) is 0. The van der Waals surface area contributed by atoms with Gasteiger partial charge in [-0.3, -0.25) is 9.59 Å². The first-order chi connectivity index (χ1) is 17.9. The summed E-state index contributed by atoms with van der Waals surface area (Å²) in [6.45, 7) is 4.93. The van der Waals surface area contributed by atoms with Gasteiger partial charge in [-0.2, -0.15) is 5.26 Å². The molecule has 0 N–H and O–H groups in total. The summed E-state index contributed by atoms with van der Waals surface area (Å²) in [5, 5.41) is 9.11. The first-order valence-corrected chi connectivity index (χ1v) is 12.5. The quantitative estimate of drug-likeness (QED) is 0.577. The highest BCUT2D eigenvalue weighted by Crippen LogP contribution is 2.29. The van der Waals surface area contributed by atoms with Crippen LogP contribution < -0.4 is 4.90 Å². The lowest BCUT2D eigenvalue weighted by atomic mass is 9.84. The van der Waals surface area contributed by atoms with Gasteiger partial charge in [0.2, 0.25) is 5.91 Å². The third kappa shape index (κ3) is 6.02. The fourth-order valence-corrected chi connectivity index (χ4v) is 5.10. The van der Waals surface area contributed by atoms with Crippen LogP contribution in [0.3, 0.4) is 0 Å². The number of piperazine rings is 1. The van der Waals surface area contributed by atoms with Crippen molar-refractivity contribution in [1.29, 1.82) is 5.26 Å². The van der Waals surface area contributed by atoms with E-state index >= 15 is 0 Å². The highest BCUT2D eigenvalue weighted by molar-refractivity contribution is 5.86. The molecule has 0 spiro atoms. The van der Waals surface area contributed by atoms with E-state index in [2.05, 4.69) is 11.0 Å². The predicted molar refractivity (Wildman–Crippen MR) is 136 cm³/mol. The van der Waals surface area contributed by atoms with E-state index in [9.17, 15) is 14.4 Å². The lowest BCUT2D eigenvalue weighted by molar-refractivity contribution is -0.156. The monoisotopic (exact) mass is 504 g/mol. The molecule has 0 aromatic heterocycles. The van der Waals surface area contributed by atoms with Gasteiger partial charge in [-0.1, -0.05) is 30.3 Å². The van der Waals surface area contributed by atoms with Crippen molar-refractivity contribution < 1.29 is 23.9 Å². The average Bonchev–Trinajstić information content (AvgIpc) is 2.95. The van der Waals surface area contributed by atoms with Crippen molar-refractivity contribution in [2.75, 3.05) is 51.3 Å². The third-order valence-electron chi connectivity index (χ3n) is 7.16. The fourth-order valence-electron chi connectivity index (χ4n) is 5.10. The van der Waals surface area contributed by atoms with Gasteiger partial charge in [0.1, 0.15) is 6.61 Å².